The fraction of sp³-hybridized carbons (Fsp3) is 0.857. The van der Waals surface area contributed by atoms with Crippen LogP contribution < -0.4 is 5.73 Å². The van der Waals surface area contributed by atoms with Crippen LogP contribution in [0.5, 0.6) is 0 Å². The van der Waals surface area contributed by atoms with Crippen LogP contribution in [0.4, 0.5) is 0 Å². The molecule has 0 fully saturated rings. The SMILES string of the molecule is NCCCN1C=NCCC1. The summed E-state index contributed by atoms with van der Waals surface area (Å²) in [7, 11) is 0. The highest BCUT2D eigenvalue weighted by Gasteiger charge is 2.01. The Hall–Kier alpha value is -0.570. The standard InChI is InChI=1S/C7H15N3/c8-3-1-5-10-6-2-4-9-7-10/h7H,1-6,8H2. The van der Waals surface area contributed by atoms with E-state index in [1.54, 1.807) is 0 Å². The van der Waals surface area contributed by atoms with Gasteiger partial charge in [-0.25, -0.2) is 0 Å². The first-order valence-electron chi connectivity index (χ1n) is 3.87. The Morgan fingerprint density at radius 1 is 1.60 bits per heavy atom. The minimum absolute atomic E-state index is 0.782. The molecule has 0 aromatic heterocycles. The van der Waals surface area contributed by atoms with E-state index in [4.69, 9.17) is 5.73 Å². The van der Waals surface area contributed by atoms with E-state index in [2.05, 4.69) is 9.89 Å². The van der Waals surface area contributed by atoms with Crippen molar-refractivity contribution in [1.82, 2.24) is 4.90 Å². The van der Waals surface area contributed by atoms with Crippen molar-refractivity contribution in [2.24, 2.45) is 10.7 Å². The number of rotatable bonds is 3. The summed E-state index contributed by atoms with van der Waals surface area (Å²) in [5.41, 5.74) is 5.37. The van der Waals surface area contributed by atoms with Crippen LogP contribution in [-0.4, -0.2) is 37.4 Å². The molecule has 0 amide bonds. The molecular formula is C7H15N3. The molecule has 0 spiro atoms. The van der Waals surface area contributed by atoms with Gasteiger partial charge in [0.15, 0.2) is 0 Å². The van der Waals surface area contributed by atoms with E-state index in [0.29, 0.717) is 0 Å². The van der Waals surface area contributed by atoms with Crippen molar-refractivity contribution in [2.45, 2.75) is 12.8 Å². The van der Waals surface area contributed by atoms with Crippen LogP contribution in [0, 0.1) is 0 Å². The molecule has 0 unspecified atom stereocenters. The fourth-order valence-electron chi connectivity index (χ4n) is 1.06. The molecular weight excluding hydrogens is 126 g/mol. The van der Waals surface area contributed by atoms with Crippen LogP contribution in [0.25, 0.3) is 0 Å². The zero-order valence-corrected chi connectivity index (χ0v) is 6.29. The maximum absolute atomic E-state index is 5.37. The molecule has 1 heterocycles. The van der Waals surface area contributed by atoms with E-state index in [-0.39, 0.29) is 0 Å². The lowest BCUT2D eigenvalue weighted by Crippen LogP contribution is -2.29. The van der Waals surface area contributed by atoms with Crippen molar-refractivity contribution in [2.75, 3.05) is 26.2 Å². The maximum atomic E-state index is 5.37. The molecule has 58 valence electrons. The highest BCUT2D eigenvalue weighted by Crippen LogP contribution is 1.96. The summed E-state index contributed by atoms with van der Waals surface area (Å²) in [6.07, 6.45) is 4.21. The third-order valence-electron chi connectivity index (χ3n) is 1.63. The Kier molecular flexibility index (Phi) is 3.22. The molecule has 0 saturated carbocycles. The number of aliphatic imine (C=N–C) groups is 1. The minimum Gasteiger partial charge on any atom is -0.363 e. The lowest BCUT2D eigenvalue weighted by Gasteiger charge is -2.21. The average Bonchev–Trinajstić information content (AvgIpc) is 2.03. The predicted octanol–water partition coefficient (Wildman–Crippen LogP) is 0.0692. The van der Waals surface area contributed by atoms with E-state index >= 15 is 0 Å². The summed E-state index contributed by atoms with van der Waals surface area (Å²) in [5.74, 6) is 0. The molecule has 1 aliphatic rings. The molecule has 0 radical (unpaired) electrons. The monoisotopic (exact) mass is 141 g/mol. The van der Waals surface area contributed by atoms with Gasteiger partial charge >= 0.3 is 0 Å². The fourth-order valence-corrected chi connectivity index (χ4v) is 1.06. The van der Waals surface area contributed by atoms with Crippen molar-refractivity contribution in [3.05, 3.63) is 0 Å². The first kappa shape index (κ1) is 7.54. The normalized spacial score (nSPS) is 17.9. The summed E-state index contributed by atoms with van der Waals surface area (Å²) in [5, 5.41) is 0. The summed E-state index contributed by atoms with van der Waals surface area (Å²) in [6, 6.07) is 0. The third-order valence-corrected chi connectivity index (χ3v) is 1.63. The van der Waals surface area contributed by atoms with Gasteiger partial charge in [0.2, 0.25) is 0 Å². The highest BCUT2D eigenvalue weighted by atomic mass is 15.2. The van der Waals surface area contributed by atoms with Crippen molar-refractivity contribution in [3.63, 3.8) is 0 Å². The van der Waals surface area contributed by atoms with Crippen molar-refractivity contribution < 1.29 is 0 Å². The summed E-state index contributed by atoms with van der Waals surface area (Å²) in [6.45, 7) is 4.01. The molecule has 0 atom stereocenters. The molecule has 0 aliphatic carbocycles. The number of hydrogen-bond donors (Lipinski definition) is 1. The lowest BCUT2D eigenvalue weighted by atomic mass is 10.3. The third kappa shape index (κ3) is 2.35. The van der Waals surface area contributed by atoms with Crippen molar-refractivity contribution in [1.29, 1.82) is 0 Å². The topological polar surface area (TPSA) is 41.6 Å². The van der Waals surface area contributed by atoms with E-state index in [1.165, 1.54) is 6.42 Å². The lowest BCUT2D eigenvalue weighted by molar-refractivity contribution is 0.402. The molecule has 3 heteroatoms. The quantitative estimate of drug-likeness (QED) is 0.604. The number of nitrogens with two attached hydrogens (primary N) is 1. The van der Waals surface area contributed by atoms with Gasteiger partial charge in [-0.05, 0) is 19.4 Å². The molecule has 1 aliphatic heterocycles. The summed E-state index contributed by atoms with van der Waals surface area (Å²) in [4.78, 5) is 6.40. The second-order valence-corrected chi connectivity index (χ2v) is 2.55. The Labute approximate surface area is 61.9 Å². The van der Waals surface area contributed by atoms with Gasteiger partial charge in [0.25, 0.3) is 0 Å². The molecule has 2 N–H and O–H groups in total. The minimum atomic E-state index is 0.782. The predicted molar refractivity (Wildman–Crippen MR) is 43.2 cm³/mol. The van der Waals surface area contributed by atoms with Gasteiger partial charge in [-0.3, -0.25) is 4.99 Å². The van der Waals surface area contributed by atoms with Gasteiger partial charge in [0.05, 0.1) is 6.34 Å². The van der Waals surface area contributed by atoms with E-state index < -0.39 is 0 Å². The first-order chi connectivity index (χ1) is 4.93. The van der Waals surface area contributed by atoms with Gasteiger partial charge in [-0.1, -0.05) is 0 Å². The van der Waals surface area contributed by atoms with Crippen LogP contribution >= 0.6 is 0 Å². The average molecular weight is 141 g/mol. The Morgan fingerprint density at radius 3 is 3.10 bits per heavy atom. The zero-order valence-electron chi connectivity index (χ0n) is 6.29. The van der Waals surface area contributed by atoms with Crippen LogP contribution in [-0.2, 0) is 0 Å². The Bertz CT molecular complexity index is 111. The highest BCUT2D eigenvalue weighted by molar-refractivity contribution is 5.55. The number of nitrogens with zero attached hydrogens (tertiary/aromatic N) is 2. The Morgan fingerprint density at radius 2 is 2.50 bits per heavy atom. The van der Waals surface area contributed by atoms with E-state index in [1.807, 2.05) is 6.34 Å². The molecule has 0 aromatic rings. The van der Waals surface area contributed by atoms with Gasteiger partial charge < -0.3 is 10.6 Å². The molecule has 3 nitrogen and oxygen atoms in total. The van der Waals surface area contributed by atoms with Crippen LogP contribution in [0.3, 0.4) is 0 Å². The molecule has 10 heavy (non-hydrogen) atoms. The first-order valence-corrected chi connectivity index (χ1v) is 3.87. The maximum Gasteiger partial charge on any atom is 0.0849 e. The van der Waals surface area contributed by atoms with Crippen molar-refractivity contribution >= 4 is 6.34 Å². The summed E-state index contributed by atoms with van der Waals surface area (Å²) >= 11 is 0. The van der Waals surface area contributed by atoms with Gasteiger partial charge in [0, 0.05) is 19.6 Å². The Balaban J connectivity index is 2.13. The van der Waals surface area contributed by atoms with Crippen LogP contribution in [0.1, 0.15) is 12.8 Å². The van der Waals surface area contributed by atoms with E-state index in [0.717, 1.165) is 32.6 Å². The zero-order chi connectivity index (χ0) is 7.23. The molecule has 0 aromatic carbocycles. The molecule has 0 bridgehead atoms. The second kappa shape index (κ2) is 4.28. The molecule has 0 saturated heterocycles. The van der Waals surface area contributed by atoms with Gasteiger partial charge in [0.1, 0.15) is 0 Å². The van der Waals surface area contributed by atoms with E-state index in [9.17, 15) is 0 Å². The summed E-state index contributed by atoms with van der Waals surface area (Å²) < 4.78 is 0. The van der Waals surface area contributed by atoms with Gasteiger partial charge in [-0.15, -0.1) is 0 Å². The van der Waals surface area contributed by atoms with Gasteiger partial charge in [-0.2, -0.15) is 0 Å². The van der Waals surface area contributed by atoms with Crippen LogP contribution in [0.2, 0.25) is 0 Å². The largest absolute Gasteiger partial charge is 0.363 e. The second-order valence-electron chi connectivity index (χ2n) is 2.55. The molecule has 1 rings (SSSR count). The van der Waals surface area contributed by atoms with Crippen LogP contribution in [0.15, 0.2) is 4.99 Å². The smallest absolute Gasteiger partial charge is 0.0849 e. The number of hydrogen-bond acceptors (Lipinski definition) is 3. The van der Waals surface area contributed by atoms with Crippen molar-refractivity contribution in [3.8, 4) is 0 Å².